The van der Waals surface area contributed by atoms with Gasteiger partial charge in [0.1, 0.15) is 24.2 Å². The zero-order valence-corrected chi connectivity index (χ0v) is 16.6. The second kappa shape index (κ2) is 9.74. The molecule has 0 aliphatic carbocycles. The van der Waals surface area contributed by atoms with Crippen LogP contribution < -0.4 is 14.8 Å². The Bertz CT molecular complexity index is 697. The summed E-state index contributed by atoms with van der Waals surface area (Å²) >= 11 is 0. The first-order valence-electron chi connectivity index (χ1n) is 9.24. The van der Waals surface area contributed by atoms with E-state index < -0.39 is 12.2 Å². The third-order valence-corrected chi connectivity index (χ3v) is 4.33. The summed E-state index contributed by atoms with van der Waals surface area (Å²) in [5, 5.41) is 23.4. The third-order valence-electron chi connectivity index (χ3n) is 4.33. The van der Waals surface area contributed by atoms with Crippen LogP contribution in [0.25, 0.3) is 0 Å². The van der Waals surface area contributed by atoms with Crippen molar-refractivity contribution in [2.45, 2.75) is 38.4 Å². The summed E-state index contributed by atoms with van der Waals surface area (Å²) in [5.74, 6) is 1.52. The molecule has 0 aliphatic rings. The van der Waals surface area contributed by atoms with Gasteiger partial charge in [-0.25, -0.2) is 0 Å². The molecule has 0 saturated heterocycles. The molecule has 0 bridgehead atoms. The lowest BCUT2D eigenvalue weighted by Crippen LogP contribution is -2.34. The van der Waals surface area contributed by atoms with Crippen LogP contribution in [0.5, 0.6) is 11.5 Å². The van der Waals surface area contributed by atoms with Crippen LogP contribution in [0.4, 0.5) is 0 Å². The van der Waals surface area contributed by atoms with Gasteiger partial charge >= 0.3 is 0 Å². The zero-order valence-electron chi connectivity index (χ0n) is 16.6. The fourth-order valence-corrected chi connectivity index (χ4v) is 2.77. The van der Waals surface area contributed by atoms with Crippen LogP contribution in [-0.2, 0) is 5.41 Å². The fourth-order valence-electron chi connectivity index (χ4n) is 2.77. The normalized spacial score (nSPS) is 13.9. The van der Waals surface area contributed by atoms with Crippen molar-refractivity contribution in [3.8, 4) is 11.5 Å². The van der Waals surface area contributed by atoms with Crippen molar-refractivity contribution in [1.82, 2.24) is 5.32 Å². The van der Waals surface area contributed by atoms with Crippen molar-refractivity contribution in [1.29, 1.82) is 0 Å². The molecule has 148 valence electrons. The topological polar surface area (TPSA) is 71.0 Å². The maximum Gasteiger partial charge on any atom is 0.123 e. The number of methoxy groups -OCH3 is 1. The predicted molar refractivity (Wildman–Crippen MR) is 107 cm³/mol. The molecule has 0 aromatic heterocycles. The summed E-state index contributed by atoms with van der Waals surface area (Å²) in [6.45, 7) is 7.21. The van der Waals surface area contributed by atoms with Crippen molar-refractivity contribution in [3.05, 3.63) is 59.7 Å². The van der Waals surface area contributed by atoms with Gasteiger partial charge in [-0.3, -0.25) is 0 Å². The average molecular weight is 373 g/mol. The molecule has 2 unspecified atom stereocenters. The summed E-state index contributed by atoms with van der Waals surface area (Å²) in [4.78, 5) is 0. The molecule has 3 N–H and O–H groups in total. The first kappa shape index (κ1) is 21.2. The van der Waals surface area contributed by atoms with Gasteiger partial charge in [0.25, 0.3) is 0 Å². The lowest BCUT2D eigenvalue weighted by atomic mass is 9.86. The monoisotopic (exact) mass is 373 g/mol. The molecule has 0 fully saturated rings. The Hall–Kier alpha value is -2.08. The Labute approximate surface area is 162 Å². The van der Waals surface area contributed by atoms with Crippen LogP contribution in [-0.4, -0.2) is 43.1 Å². The number of aliphatic hydroxyl groups excluding tert-OH is 2. The minimum atomic E-state index is -0.678. The molecule has 0 aliphatic heterocycles. The number of ether oxygens (including phenoxy) is 2. The Kier molecular flexibility index (Phi) is 7.66. The van der Waals surface area contributed by atoms with Gasteiger partial charge in [-0.2, -0.15) is 0 Å². The molecule has 2 atom stereocenters. The number of benzene rings is 2. The highest BCUT2D eigenvalue weighted by molar-refractivity contribution is 5.44. The van der Waals surface area contributed by atoms with Crippen LogP contribution in [0.1, 0.15) is 38.0 Å². The Morgan fingerprint density at radius 1 is 1.00 bits per heavy atom. The molecule has 5 heteroatoms. The minimum Gasteiger partial charge on any atom is -0.497 e. The van der Waals surface area contributed by atoms with Gasteiger partial charge in [0.15, 0.2) is 0 Å². The lowest BCUT2D eigenvalue weighted by Gasteiger charge is -2.24. The van der Waals surface area contributed by atoms with E-state index in [0.29, 0.717) is 13.1 Å². The molecule has 2 aromatic rings. The number of aliphatic hydroxyl groups is 2. The van der Waals surface area contributed by atoms with E-state index in [1.165, 1.54) is 0 Å². The second-order valence-corrected chi connectivity index (χ2v) is 7.66. The van der Waals surface area contributed by atoms with E-state index in [1.54, 1.807) is 7.11 Å². The van der Waals surface area contributed by atoms with Gasteiger partial charge in [0.2, 0.25) is 0 Å². The van der Waals surface area contributed by atoms with Crippen LogP contribution in [0.3, 0.4) is 0 Å². The molecular formula is C22H31NO4. The maximum atomic E-state index is 10.2. The third kappa shape index (κ3) is 6.54. The van der Waals surface area contributed by atoms with E-state index in [-0.39, 0.29) is 12.0 Å². The van der Waals surface area contributed by atoms with Crippen LogP contribution in [0.2, 0.25) is 0 Å². The van der Waals surface area contributed by atoms with Crippen molar-refractivity contribution in [2.24, 2.45) is 0 Å². The van der Waals surface area contributed by atoms with E-state index in [9.17, 15) is 10.2 Å². The van der Waals surface area contributed by atoms with E-state index in [2.05, 4.69) is 26.1 Å². The number of rotatable bonds is 9. The summed E-state index contributed by atoms with van der Waals surface area (Å²) in [6, 6.07) is 15.1. The first-order chi connectivity index (χ1) is 12.8. The number of hydrogen-bond donors (Lipinski definition) is 3. The molecule has 2 rings (SSSR count). The quantitative estimate of drug-likeness (QED) is 0.630. The summed E-state index contributed by atoms with van der Waals surface area (Å²) in [5.41, 5.74) is 1.78. The Morgan fingerprint density at radius 3 is 2.33 bits per heavy atom. The van der Waals surface area contributed by atoms with E-state index in [4.69, 9.17) is 9.47 Å². The molecular weight excluding hydrogens is 342 g/mol. The summed E-state index contributed by atoms with van der Waals surface area (Å²) in [6.07, 6.45) is -1.28. The molecule has 0 heterocycles. The summed E-state index contributed by atoms with van der Waals surface area (Å²) in [7, 11) is 1.64. The van der Waals surface area contributed by atoms with Gasteiger partial charge in [-0.05, 0) is 29.2 Å². The van der Waals surface area contributed by atoms with E-state index in [1.807, 2.05) is 48.5 Å². The van der Waals surface area contributed by atoms with Crippen molar-refractivity contribution >= 4 is 0 Å². The SMILES string of the molecule is COc1ccc(OCC(O)CNCC(O)c2ccccc2)c(C(C)(C)C)c1. The van der Waals surface area contributed by atoms with Gasteiger partial charge in [-0.15, -0.1) is 0 Å². The van der Waals surface area contributed by atoms with Gasteiger partial charge in [-0.1, -0.05) is 51.1 Å². The molecule has 0 amide bonds. The molecule has 0 spiro atoms. The molecule has 0 radical (unpaired) electrons. The van der Waals surface area contributed by atoms with Crippen molar-refractivity contribution in [2.75, 3.05) is 26.8 Å². The van der Waals surface area contributed by atoms with Crippen LogP contribution in [0.15, 0.2) is 48.5 Å². The van der Waals surface area contributed by atoms with Crippen LogP contribution >= 0.6 is 0 Å². The Morgan fingerprint density at radius 2 is 1.70 bits per heavy atom. The molecule has 27 heavy (non-hydrogen) atoms. The van der Waals surface area contributed by atoms with Gasteiger partial charge < -0.3 is 25.0 Å². The lowest BCUT2D eigenvalue weighted by molar-refractivity contribution is 0.0986. The van der Waals surface area contributed by atoms with Crippen molar-refractivity contribution in [3.63, 3.8) is 0 Å². The minimum absolute atomic E-state index is 0.104. The van der Waals surface area contributed by atoms with Crippen LogP contribution in [0, 0.1) is 0 Å². The molecule has 5 nitrogen and oxygen atoms in total. The predicted octanol–water partition coefficient (Wildman–Crippen LogP) is 3.06. The number of hydrogen-bond acceptors (Lipinski definition) is 5. The van der Waals surface area contributed by atoms with E-state index in [0.717, 1.165) is 22.6 Å². The standard InChI is InChI=1S/C22H31NO4/c1-22(2,3)19-12-18(26-4)10-11-21(19)27-15-17(24)13-23-14-20(25)16-8-6-5-7-9-16/h5-12,17,20,23-25H,13-15H2,1-4H3. The average Bonchev–Trinajstić information content (AvgIpc) is 2.66. The molecule has 2 aromatic carbocycles. The van der Waals surface area contributed by atoms with E-state index >= 15 is 0 Å². The fraction of sp³-hybridized carbons (Fsp3) is 0.455. The number of nitrogens with one attached hydrogen (secondary N) is 1. The highest BCUT2D eigenvalue weighted by atomic mass is 16.5. The zero-order chi connectivity index (χ0) is 19.9. The Balaban J connectivity index is 1.84. The van der Waals surface area contributed by atoms with Gasteiger partial charge in [0.05, 0.1) is 13.2 Å². The second-order valence-electron chi connectivity index (χ2n) is 7.66. The molecule has 0 saturated carbocycles. The van der Waals surface area contributed by atoms with Crippen molar-refractivity contribution < 1.29 is 19.7 Å². The smallest absolute Gasteiger partial charge is 0.123 e. The first-order valence-corrected chi connectivity index (χ1v) is 9.24. The highest BCUT2D eigenvalue weighted by Gasteiger charge is 2.20. The van der Waals surface area contributed by atoms with Gasteiger partial charge in [0, 0.05) is 18.7 Å². The maximum absolute atomic E-state index is 10.2. The highest BCUT2D eigenvalue weighted by Crippen LogP contribution is 2.34. The summed E-state index contributed by atoms with van der Waals surface area (Å²) < 4.78 is 11.2. The largest absolute Gasteiger partial charge is 0.497 e.